The van der Waals surface area contributed by atoms with E-state index in [4.69, 9.17) is 28.5 Å². The van der Waals surface area contributed by atoms with Crippen LogP contribution < -0.4 is 10.2 Å². The van der Waals surface area contributed by atoms with Crippen LogP contribution in [-0.4, -0.2) is 19.0 Å². The van der Waals surface area contributed by atoms with Gasteiger partial charge in [0.05, 0.1) is 23.7 Å². The normalized spacial score (nSPS) is 13.0. The maximum atomic E-state index is 12.4. The monoisotopic (exact) mass is 362 g/mol. The predicted molar refractivity (Wildman–Crippen MR) is 96.3 cm³/mol. The Morgan fingerprint density at radius 3 is 2.50 bits per heavy atom. The Morgan fingerprint density at radius 1 is 1.25 bits per heavy atom. The van der Waals surface area contributed by atoms with E-state index in [2.05, 4.69) is 5.32 Å². The number of hydrogen-bond donors (Lipinski definition) is 2. The Kier molecular flexibility index (Phi) is 6.22. The number of nitrogens with one attached hydrogen (secondary N) is 2. The van der Waals surface area contributed by atoms with Crippen LogP contribution in [0.3, 0.4) is 0 Å². The average Bonchev–Trinajstić information content (AvgIpc) is 2.57. The van der Waals surface area contributed by atoms with Crippen LogP contribution in [0.25, 0.3) is 0 Å². The topological polar surface area (TPSA) is 57.3 Å². The van der Waals surface area contributed by atoms with E-state index in [1.54, 1.807) is 36.4 Å². The Bertz CT molecular complexity index is 769. The SMILES string of the molecule is C[C@@H](C(=O)Nc1ccc(C#N)cc1)[NH+](C)Cc1ccc(Cl)cc1Cl. The highest BCUT2D eigenvalue weighted by Crippen LogP contribution is 2.20. The molecule has 2 N–H and O–H groups in total. The lowest BCUT2D eigenvalue weighted by Crippen LogP contribution is -3.12. The smallest absolute Gasteiger partial charge is 0.282 e. The van der Waals surface area contributed by atoms with Crippen LogP contribution >= 0.6 is 23.2 Å². The number of quaternary nitrogens is 1. The summed E-state index contributed by atoms with van der Waals surface area (Å²) in [5, 5.41) is 12.8. The van der Waals surface area contributed by atoms with Crippen molar-refractivity contribution in [3.05, 3.63) is 63.6 Å². The van der Waals surface area contributed by atoms with Gasteiger partial charge in [-0.05, 0) is 43.3 Å². The van der Waals surface area contributed by atoms with Crippen LogP contribution in [0.5, 0.6) is 0 Å². The molecule has 0 aromatic heterocycles. The van der Waals surface area contributed by atoms with Crippen molar-refractivity contribution in [3.63, 3.8) is 0 Å². The Hall–Kier alpha value is -2.06. The molecule has 2 rings (SSSR count). The second-order valence-corrected chi connectivity index (χ2v) is 6.50. The van der Waals surface area contributed by atoms with Crippen molar-refractivity contribution in [3.8, 4) is 6.07 Å². The van der Waals surface area contributed by atoms with E-state index in [-0.39, 0.29) is 11.9 Å². The first kappa shape index (κ1) is 18.3. The van der Waals surface area contributed by atoms with E-state index in [9.17, 15) is 4.79 Å². The van der Waals surface area contributed by atoms with Gasteiger partial charge in [-0.2, -0.15) is 5.26 Å². The highest BCUT2D eigenvalue weighted by molar-refractivity contribution is 6.35. The van der Waals surface area contributed by atoms with E-state index in [0.717, 1.165) is 10.5 Å². The average molecular weight is 363 g/mol. The Morgan fingerprint density at radius 2 is 1.92 bits per heavy atom. The van der Waals surface area contributed by atoms with Crippen molar-refractivity contribution >= 4 is 34.8 Å². The Labute approximate surface area is 151 Å². The number of carbonyl (C=O) groups is 1. The van der Waals surface area contributed by atoms with Crippen LogP contribution in [0.1, 0.15) is 18.1 Å². The number of nitrogens with zero attached hydrogens (tertiary/aromatic N) is 1. The largest absolute Gasteiger partial charge is 0.324 e. The first-order valence-corrected chi connectivity index (χ1v) is 8.23. The number of likely N-dealkylation sites (N-methyl/N-ethyl adjacent to an activating group) is 1. The standard InChI is InChI=1S/C18H17Cl2N3O/c1-12(18(24)22-16-7-3-13(10-21)4-8-16)23(2)11-14-5-6-15(19)9-17(14)20/h3-9,12H,11H2,1-2H3,(H,22,24)/p+1/t12-/m0/s1. The molecule has 124 valence electrons. The zero-order valence-corrected chi connectivity index (χ0v) is 14.9. The number of nitriles is 1. The van der Waals surface area contributed by atoms with E-state index in [0.29, 0.717) is 27.8 Å². The number of benzene rings is 2. The summed E-state index contributed by atoms with van der Waals surface area (Å²) in [6, 6.07) is 13.9. The van der Waals surface area contributed by atoms with Gasteiger partial charge >= 0.3 is 0 Å². The maximum Gasteiger partial charge on any atom is 0.282 e. The molecule has 0 saturated carbocycles. The van der Waals surface area contributed by atoms with E-state index >= 15 is 0 Å². The van der Waals surface area contributed by atoms with Gasteiger partial charge in [0.25, 0.3) is 5.91 Å². The molecular formula is C18H18Cl2N3O+. The summed E-state index contributed by atoms with van der Waals surface area (Å²) in [5.41, 5.74) is 2.17. The first-order valence-electron chi connectivity index (χ1n) is 7.48. The highest BCUT2D eigenvalue weighted by atomic mass is 35.5. The second-order valence-electron chi connectivity index (χ2n) is 5.66. The molecule has 0 aliphatic carbocycles. The lowest BCUT2D eigenvalue weighted by atomic mass is 10.1. The summed E-state index contributed by atoms with van der Waals surface area (Å²) < 4.78 is 0. The minimum absolute atomic E-state index is 0.0951. The number of anilines is 1. The summed E-state index contributed by atoms with van der Waals surface area (Å²) >= 11 is 12.1. The van der Waals surface area contributed by atoms with Crippen molar-refractivity contribution in [2.75, 3.05) is 12.4 Å². The number of halogens is 2. The molecule has 0 bridgehead atoms. The molecule has 0 radical (unpaired) electrons. The molecular weight excluding hydrogens is 345 g/mol. The summed E-state index contributed by atoms with van der Waals surface area (Å²) in [7, 11) is 1.94. The maximum absolute atomic E-state index is 12.4. The zero-order valence-electron chi connectivity index (χ0n) is 13.4. The molecule has 1 amide bonds. The minimum Gasteiger partial charge on any atom is -0.324 e. The number of rotatable bonds is 5. The molecule has 0 aliphatic heterocycles. The molecule has 1 unspecified atom stereocenters. The third-order valence-electron chi connectivity index (χ3n) is 3.90. The molecule has 4 nitrogen and oxygen atoms in total. The molecule has 0 fully saturated rings. The lowest BCUT2D eigenvalue weighted by molar-refractivity contribution is -0.907. The molecule has 0 aliphatic rings. The van der Waals surface area contributed by atoms with E-state index < -0.39 is 0 Å². The van der Waals surface area contributed by atoms with Crippen LogP contribution in [-0.2, 0) is 11.3 Å². The number of hydrogen-bond acceptors (Lipinski definition) is 2. The van der Waals surface area contributed by atoms with Gasteiger partial charge in [0, 0.05) is 16.3 Å². The summed E-state index contributed by atoms with van der Waals surface area (Å²) in [6.45, 7) is 2.47. The molecule has 0 heterocycles. The van der Waals surface area contributed by atoms with E-state index in [1.165, 1.54) is 0 Å². The third kappa shape index (κ3) is 4.72. The van der Waals surface area contributed by atoms with Crippen LogP contribution in [0.15, 0.2) is 42.5 Å². The quantitative estimate of drug-likeness (QED) is 0.858. The summed E-state index contributed by atoms with van der Waals surface area (Å²) in [4.78, 5) is 13.4. The highest BCUT2D eigenvalue weighted by Gasteiger charge is 2.22. The van der Waals surface area contributed by atoms with Crippen molar-refractivity contribution in [2.45, 2.75) is 19.5 Å². The van der Waals surface area contributed by atoms with Crippen molar-refractivity contribution < 1.29 is 9.69 Å². The first-order chi connectivity index (χ1) is 11.4. The summed E-state index contributed by atoms with van der Waals surface area (Å²) in [6.07, 6.45) is 0. The van der Waals surface area contributed by atoms with Crippen molar-refractivity contribution in [1.82, 2.24) is 0 Å². The summed E-state index contributed by atoms with van der Waals surface area (Å²) in [5.74, 6) is -0.0951. The molecule has 6 heteroatoms. The van der Waals surface area contributed by atoms with E-state index in [1.807, 2.05) is 26.1 Å². The van der Waals surface area contributed by atoms with Gasteiger partial charge < -0.3 is 10.2 Å². The van der Waals surface area contributed by atoms with Gasteiger partial charge in [0.15, 0.2) is 6.04 Å². The molecule has 2 aromatic carbocycles. The molecule has 2 aromatic rings. The van der Waals surface area contributed by atoms with Gasteiger partial charge in [-0.15, -0.1) is 0 Å². The minimum atomic E-state index is -0.271. The molecule has 2 atom stereocenters. The number of carbonyl (C=O) groups excluding carboxylic acids is 1. The third-order valence-corrected chi connectivity index (χ3v) is 4.49. The van der Waals surface area contributed by atoms with Crippen LogP contribution in [0, 0.1) is 11.3 Å². The van der Waals surface area contributed by atoms with Crippen LogP contribution in [0.4, 0.5) is 5.69 Å². The van der Waals surface area contributed by atoms with Gasteiger partial charge in [-0.25, -0.2) is 0 Å². The predicted octanol–water partition coefficient (Wildman–Crippen LogP) is 2.91. The fourth-order valence-corrected chi connectivity index (χ4v) is 2.70. The second kappa shape index (κ2) is 8.16. The zero-order chi connectivity index (χ0) is 17.7. The fourth-order valence-electron chi connectivity index (χ4n) is 2.22. The van der Waals surface area contributed by atoms with Crippen LogP contribution in [0.2, 0.25) is 10.0 Å². The van der Waals surface area contributed by atoms with Gasteiger partial charge in [-0.1, -0.05) is 29.3 Å². The van der Waals surface area contributed by atoms with Gasteiger partial charge in [-0.3, -0.25) is 4.79 Å². The van der Waals surface area contributed by atoms with Crippen molar-refractivity contribution in [1.29, 1.82) is 5.26 Å². The van der Waals surface area contributed by atoms with Gasteiger partial charge in [0.2, 0.25) is 0 Å². The number of amides is 1. The lowest BCUT2D eigenvalue weighted by Gasteiger charge is -2.21. The van der Waals surface area contributed by atoms with Gasteiger partial charge in [0.1, 0.15) is 6.54 Å². The molecule has 0 saturated heterocycles. The Balaban J connectivity index is 1.99. The molecule has 24 heavy (non-hydrogen) atoms. The molecule has 0 spiro atoms. The fraction of sp³-hybridized carbons (Fsp3) is 0.222. The van der Waals surface area contributed by atoms with Crippen molar-refractivity contribution in [2.24, 2.45) is 0 Å².